The molecule has 2 aromatic rings. The molecule has 0 fully saturated rings. The molecule has 2 heterocycles. The van der Waals surface area contributed by atoms with Gasteiger partial charge in [-0.25, -0.2) is 0 Å². The third-order valence-corrected chi connectivity index (χ3v) is 4.05. The summed E-state index contributed by atoms with van der Waals surface area (Å²) in [6.07, 6.45) is 0.766. The first-order valence-corrected chi connectivity index (χ1v) is 6.89. The predicted octanol–water partition coefficient (Wildman–Crippen LogP) is 2.51. The van der Waals surface area contributed by atoms with E-state index in [0.29, 0.717) is 18.1 Å². The van der Waals surface area contributed by atoms with Gasteiger partial charge in [0.2, 0.25) is 0 Å². The molecular formula is C16H19NO3. The molecule has 0 bridgehead atoms. The Bertz CT molecular complexity index is 731. The summed E-state index contributed by atoms with van der Waals surface area (Å²) in [6.45, 7) is 4.23. The van der Waals surface area contributed by atoms with E-state index >= 15 is 0 Å². The molecule has 1 atom stereocenters. The molecule has 0 aliphatic carbocycles. The summed E-state index contributed by atoms with van der Waals surface area (Å²) in [6, 6.07) is 5.78. The Morgan fingerprint density at radius 2 is 2.15 bits per heavy atom. The third kappa shape index (κ3) is 1.71. The lowest BCUT2D eigenvalue weighted by Crippen LogP contribution is -2.23. The smallest absolute Gasteiger partial charge is 0.257 e. The average molecular weight is 273 g/mol. The van der Waals surface area contributed by atoms with E-state index in [1.54, 1.807) is 18.7 Å². The van der Waals surface area contributed by atoms with Crippen molar-refractivity contribution in [2.45, 2.75) is 26.4 Å². The molecule has 0 saturated heterocycles. The number of methoxy groups -OCH3 is 1. The van der Waals surface area contributed by atoms with Crippen molar-refractivity contribution < 1.29 is 9.47 Å². The van der Waals surface area contributed by atoms with E-state index in [4.69, 9.17) is 9.47 Å². The average Bonchev–Trinajstić information content (AvgIpc) is 2.89. The van der Waals surface area contributed by atoms with Crippen molar-refractivity contribution in [3.05, 3.63) is 34.1 Å². The van der Waals surface area contributed by atoms with Crippen LogP contribution in [0.5, 0.6) is 11.5 Å². The molecule has 4 heteroatoms. The van der Waals surface area contributed by atoms with Gasteiger partial charge in [0.05, 0.1) is 18.2 Å². The standard InChI is InChI=1S/C16H19NO3/c1-9(2)13-8-11-15(20-13)10-6-5-7-12(19-4)14(10)17(3)16(11)18/h5-7,9,13H,8H2,1-4H3/t13-/m1/s1. The van der Waals surface area contributed by atoms with Crippen LogP contribution in [-0.2, 0) is 13.5 Å². The van der Waals surface area contributed by atoms with Crippen molar-refractivity contribution >= 4 is 10.9 Å². The number of pyridine rings is 1. The van der Waals surface area contributed by atoms with Crippen molar-refractivity contribution in [2.75, 3.05) is 7.11 Å². The number of rotatable bonds is 2. The van der Waals surface area contributed by atoms with Gasteiger partial charge in [0.15, 0.2) is 0 Å². The molecule has 0 unspecified atom stereocenters. The molecule has 4 nitrogen and oxygen atoms in total. The number of aromatic nitrogens is 1. The van der Waals surface area contributed by atoms with E-state index in [-0.39, 0.29) is 11.7 Å². The minimum absolute atomic E-state index is 0.0140. The summed E-state index contributed by atoms with van der Waals surface area (Å²) >= 11 is 0. The third-order valence-electron chi connectivity index (χ3n) is 4.05. The SMILES string of the molecule is COc1cccc2c3c(c(=O)n(C)c12)C[C@H](C(C)C)O3. The summed E-state index contributed by atoms with van der Waals surface area (Å²) in [7, 11) is 3.40. The minimum atomic E-state index is 0.0140. The number of hydrogen-bond donors (Lipinski definition) is 0. The maximum absolute atomic E-state index is 12.5. The maximum Gasteiger partial charge on any atom is 0.257 e. The number of benzene rings is 1. The fourth-order valence-corrected chi connectivity index (χ4v) is 2.86. The number of nitrogens with zero attached hydrogens (tertiary/aromatic N) is 1. The normalized spacial score (nSPS) is 17.4. The Balaban J connectivity index is 2.34. The molecule has 20 heavy (non-hydrogen) atoms. The molecule has 106 valence electrons. The van der Waals surface area contributed by atoms with Crippen molar-refractivity contribution in [3.63, 3.8) is 0 Å². The zero-order chi connectivity index (χ0) is 14.4. The molecule has 0 amide bonds. The highest BCUT2D eigenvalue weighted by molar-refractivity contribution is 5.91. The summed E-state index contributed by atoms with van der Waals surface area (Å²) in [4.78, 5) is 12.5. The highest BCUT2D eigenvalue weighted by atomic mass is 16.5. The van der Waals surface area contributed by atoms with Crippen LogP contribution in [0.3, 0.4) is 0 Å². The molecule has 3 rings (SSSR count). The zero-order valence-corrected chi connectivity index (χ0v) is 12.3. The van der Waals surface area contributed by atoms with Crippen LogP contribution in [0, 0.1) is 5.92 Å². The van der Waals surface area contributed by atoms with E-state index in [0.717, 1.165) is 22.2 Å². The molecule has 1 aliphatic rings. The largest absolute Gasteiger partial charge is 0.495 e. The molecule has 1 aromatic heterocycles. The summed E-state index contributed by atoms with van der Waals surface area (Å²) < 4.78 is 13.1. The second-order valence-electron chi connectivity index (χ2n) is 5.63. The highest BCUT2D eigenvalue weighted by Crippen LogP contribution is 2.38. The van der Waals surface area contributed by atoms with Crippen LogP contribution in [0.15, 0.2) is 23.0 Å². The molecule has 0 N–H and O–H groups in total. The fourth-order valence-electron chi connectivity index (χ4n) is 2.86. The van der Waals surface area contributed by atoms with Gasteiger partial charge in [0.25, 0.3) is 5.56 Å². The molecular weight excluding hydrogens is 254 g/mol. The molecule has 0 spiro atoms. The Labute approximate surface area is 117 Å². The van der Waals surface area contributed by atoms with Crippen molar-refractivity contribution in [2.24, 2.45) is 13.0 Å². The van der Waals surface area contributed by atoms with Crippen LogP contribution in [0.2, 0.25) is 0 Å². The Kier molecular flexibility index (Phi) is 2.96. The Hall–Kier alpha value is -1.97. The number of fused-ring (bicyclic) bond motifs is 3. The van der Waals surface area contributed by atoms with Crippen molar-refractivity contribution in [1.82, 2.24) is 4.57 Å². The van der Waals surface area contributed by atoms with Crippen LogP contribution in [-0.4, -0.2) is 17.8 Å². The van der Waals surface area contributed by atoms with Gasteiger partial charge in [-0.15, -0.1) is 0 Å². The Morgan fingerprint density at radius 1 is 1.40 bits per heavy atom. The van der Waals surface area contributed by atoms with E-state index < -0.39 is 0 Å². The number of para-hydroxylation sites is 1. The summed E-state index contributed by atoms with van der Waals surface area (Å²) in [5.41, 5.74) is 1.59. The molecule has 0 radical (unpaired) electrons. The summed E-state index contributed by atoms with van der Waals surface area (Å²) in [5.74, 6) is 1.81. The van der Waals surface area contributed by atoms with Crippen molar-refractivity contribution in [3.8, 4) is 11.5 Å². The van der Waals surface area contributed by atoms with Gasteiger partial charge < -0.3 is 14.0 Å². The molecule has 0 saturated carbocycles. The monoisotopic (exact) mass is 273 g/mol. The molecule has 1 aromatic carbocycles. The van der Waals surface area contributed by atoms with Crippen molar-refractivity contribution in [1.29, 1.82) is 0 Å². The van der Waals surface area contributed by atoms with Gasteiger partial charge in [0.1, 0.15) is 17.6 Å². The lowest BCUT2D eigenvalue weighted by Gasteiger charge is -2.15. The molecule has 1 aliphatic heterocycles. The van der Waals surface area contributed by atoms with Crippen LogP contribution in [0.25, 0.3) is 10.9 Å². The lowest BCUT2D eigenvalue weighted by atomic mass is 10.0. The lowest BCUT2D eigenvalue weighted by molar-refractivity contribution is 0.180. The van der Waals surface area contributed by atoms with E-state index in [1.165, 1.54) is 0 Å². The Morgan fingerprint density at radius 3 is 2.80 bits per heavy atom. The number of hydrogen-bond acceptors (Lipinski definition) is 3. The van der Waals surface area contributed by atoms with E-state index in [1.807, 2.05) is 18.2 Å². The van der Waals surface area contributed by atoms with Crippen LogP contribution < -0.4 is 15.0 Å². The van der Waals surface area contributed by atoms with Gasteiger partial charge in [-0.1, -0.05) is 19.9 Å². The van der Waals surface area contributed by atoms with Crippen LogP contribution in [0.4, 0.5) is 0 Å². The quantitative estimate of drug-likeness (QED) is 0.844. The van der Waals surface area contributed by atoms with Crippen LogP contribution >= 0.6 is 0 Å². The summed E-state index contributed by atoms with van der Waals surface area (Å²) in [5, 5.41) is 0.949. The van der Waals surface area contributed by atoms with Gasteiger partial charge in [-0.05, 0) is 18.1 Å². The first-order valence-electron chi connectivity index (χ1n) is 6.89. The second-order valence-corrected chi connectivity index (χ2v) is 5.63. The van der Waals surface area contributed by atoms with Gasteiger partial charge in [-0.2, -0.15) is 0 Å². The maximum atomic E-state index is 12.5. The first kappa shape index (κ1) is 13.0. The first-order chi connectivity index (χ1) is 9.54. The van der Waals surface area contributed by atoms with Gasteiger partial charge >= 0.3 is 0 Å². The van der Waals surface area contributed by atoms with Crippen LogP contribution in [0.1, 0.15) is 19.4 Å². The van der Waals surface area contributed by atoms with Gasteiger partial charge in [-0.3, -0.25) is 4.79 Å². The predicted molar refractivity (Wildman–Crippen MR) is 78.7 cm³/mol. The van der Waals surface area contributed by atoms with E-state index in [2.05, 4.69) is 13.8 Å². The second kappa shape index (κ2) is 4.54. The zero-order valence-electron chi connectivity index (χ0n) is 12.3. The number of aryl methyl sites for hydroxylation is 1. The number of ether oxygens (including phenoxy) is 2. The minimum Gasteiger partial charge on any atom is -0.495 e. The topological polar surface area (TPSA) is 40.5 Å². The van der Waals surface area contributed by atoms with E-state index in [9.17, 15) is 4.79 Å². The highest BCUT2D eigenvalue weighted by Gasteiger charge is 2.31. The fraction of sp³-hybridized carbons (Fsp3) is 0.438. The van der Waals surface area contributed by atoms with Gasteiger partial charge in [0, 0.05) is 18.9 Å².